The Morgan fingerprint density at radius 2 is 2.00 bits per heavy atom. The van der Waals surface area contributed by atoms with Crippen molar-refractivity contribution in [2.75, 3.05) is 0 Å². The molecule has 4 rings (SSSR count). The Morgan fingerprint density at radius 1 is 1.15 bits per heavy atom. The molecule has 27 heavy (non-hydrogen) atoms. The quantitative estimate of drug-likeness (QED) is 0.674. The summed E-state index contributed by atoms with van der Waals surface area (Å²) >= 11 is 1.47. The van der Waals surface area contributed by atoms with Crippen LogP contribution in [0, 0.1) is 6.92 Å². The first-order valence-electron chi connectivity index (χ1n) is 8.34. The van der Waals surface area contributed by atoms with E-state index in [1.807, 2.05) is 19.1 Å². The van der Waals surface area contributed by atoms with Crippen LogP contribution in [0.1, 0.15) is 18.4 Å². The summed E-state index contributed by atoms with van der Waals surface area (Å²) in [7, 11) is 0. The standard InChI is InChI=1S/C19H15F2N5S/c1-10-13(20)8-14(21)16(24-10)18-23-7-5-15(26-18)17-11(2)25-19(27-17)12-4-3-6-22-9-12/h3-10,13H,1-2H3. The number of pyridine rings is 1. The molecule has 0 N–H and O–H groups in total. The highest BCUT2D eigenvalue weighted by atomic mass is 32.1. The van der Waals surface area contributed by atoms with Crippen molar-refractivity contribution in [1.82, 2.24) is 19.9 Å². The summed E-state index contributed by atoms with van der Waals surface area (Å²) in [6.45, 7) is 3.48. The maximum absolute atomic E-state index is 14.2. The summed E-state index contributed by atoms with van der Waals surface area (Å²) in [4.78, 5) is 22.2. The van der Waals surface area contributed by atoms with Gasteiger partial charge in [0.2, 0.25) is 0 Å². The normalized spacial score (nSPS) is 19.6. The Labute approximate surface area is 158 Å². The number of aromatic nitrogens is 4. The van der Waals surface area contributed by atoms with E-state index >= 15 is 0 Å². The van der Waals surface area contributed by atoms with Gasteiger partial charge in [0, 0.05) is 24.2 Å². The molecule has 0 saturated carbocycles. The molecule has 136 valence electrons. The SMILES string of the molecule is Cc1nc(-c2cccnc2)sc1-c1ccnc(C2=NC(C)C(F)C=C2F)n1. The third-order valence-corrected chi connectivity index (χ3v) is 5.36. The number of thiazole rings is 1. The summed E-state index contributed by atoms with van der Waals surface area (Å²) in [6.07, 6.45) is 4.48. The number of aliphatic imine (C=N–C) groups is 1. The van der Waals surface area contributed by atoms with E-state index < -0.39 is 18.0 Å². The summed E-state index contributed by atoms with van der Waals surface area (Å²) in [5.41, 5.74) is 2.32. The second-order valence-corrected chi connectivity index (χ2v) is 7.12. The van der Waals surface area contributed by atoms with E-state index in [-0.39, 0.29) is 11.5 Å². The number of dihydropyridines is 1. The molecule has 0 radical (unpaired) electrons. The van der Waals surface area contributed by atoms with Crippen molar-refractivity contribution in [1.29, 1.82) is 0 Å². The number of rotatable bonds is 3. The molecule has 0 aromatic carbocycles. The average molecular weight is 383 g/mol. The molecule has 3 aromatic rings. The fourth-order valence-corrected chi connectivity index (χ4v) is 3.73. The molecule has 0 bridgehead atoms. The van der Waals surface area contributed by atoms with Gasteiger partial charge < -0.3 is 0 Å². The van der Waals surface area contributed by atoms with Crippen LogP contribution in [-0.2, 0) is 0 Å². The van der Waals surface area contributed by atoms with Gasteiger partial charge in [0.05, 0.1) is 22.3 Å². The van der Waals surface area contributed by atoms with Crippen LogP contribution in [-0.4, -0.2) is 37.9 Å². The third kappa shape index (κ3) is 3.40. The lowest BCUT2D eigenvalue weighted by Gasteiger charge is -2.16. The molecule has 8 heteroatoms. The fourth-order valence-electron chi connectivity index (χ4n) is 2.71. The van der Waals surface area contributed by atoms with Gasteiger partial charge in [0.15, 0.2) is 11.7 Å². The molecular weight excluding hydrogens is 368 g/mol. The molecular formula is C19H15F2N5S. The van der Waals surface area contributed by atoms with Gasteiger partial charge >= 0.3 is 0 Å². The Morgan fingerprint density at radius 3 is 2.78 bits per heavy atom. The Balaban J connectivity index is 1.73. The first-order chi connectivity index (χ1) is 13.0. The van der Waals surface area contributed by atoms with E-state index in [0.717, 1.165) is 27.2 Å². The molecule has 0 spiro atoms. The molecule has 0 fully saturated rings. The van der Waals surface area contributed by atoms with Crippen LogP contribution in [0.2, 0.25) is 0 Å². The smallest absolute Gasteiger partial charge is 0.181 e. The third-order valence-electron chi connectivity index (χ3n) is 4.13. The van der Waals surface area contributed by atoms with E-state index in [4.69, 9.17) is 0 Å². The molecule has 1 aliphatic rings. The topological polar surface area (TPSA) is 63.9 Å². The van der Waals surface area contributed by atoms with Gasteiger partial charge in [-0.2, -0.15) is 0 Å². The van der Waals surface area contributed by atoms with Crippen LogP contribution in [0.3, 0.4) is 0 Å². The summed E-state index contributed by atoms with van der Waals surface area (Å²) in [5.74, 6) is -0.606. The van der Waals surface area contributed by atoms with Gasteiger partial charge in [-0.05, 0) is 38.1 Å². The lowest BCUT2D eigenvalue weighted by molar-refractivity contribution is 0.345. The van der Waals surface area contributed by atoms with E-state index in [2.05, 4.69) is 24.9 Å². The zero-order valence-electron chi connectivity index (χ0n) is 14.6. The van der Waals surface area contributed by atoms with Crippen molar-refractivity contribution in [3.05, 3.63) is 60.2 Å². The van der Waals surface area contributed by atoms with Gasteiger partial charge in [-0.1, -0.05) is 0 Å². The second kappa shape index (κ2) is 7.03. The van der Waals surface area contributed by atoms with Crippen molar-refractivity contribution in [3.63, 3.8) is 0 Å². The van der Waals surface area contributed by atoms with Gasteiger partial charge in [-0.3, -0.25) is 9.98 Å². The van der Waals surface area contributed by atoms with Crippen LogP contribution < -0.4 is 0 Å². The largest absolute Gasteiger partial charge is 0.272 e. The highest BCUT2D eigenvalue weighted by Crippen LogP contribution is 2.34. The van der Waals surface area contributed by atoms with Crippen molar-refractivity contribution >= 4 is 17.0 Å². The number of hydrogen-bond donors (Lipinski definition) is 0. The summed E-state index contributed by atoms with van der Waals surface area (Å²) < 4.78 is 27.8. The van der Waals surface area contributed by atoms with Crippen LogP contribution in [0.15, 0.2) is 53.7 Å². The molecule has 2 atom stereocenters. The maximum Gasteiger partial charge on any atom is 0.181 e. The van der Waals surface area contributed by atoms with Crippen molar-refractivity contribution in [2.24, 2.45) is 4.99 Å². The van der Waals surface area contributed by atoms with Crippen LogP contribution in [0.25, 0.3) is 21.1 Å². The Hall–Kier alpha value is -2.87. The monoisotopic (exact) mass is 383 g/mol. The van der Waals surface area contributed by atoms with Crippen LogP contribution in [0.4, 0.5) is 8.78 Å². The van der Waals surface area contributed by atoms with Crippen LogP contribution in [0.5, 0.6) is 0 Å². The molecule has 0 aliphatic carbocycles. The van der Waals surface area contributed by atoms with Crippen molar-refractivity contribution in [2.45, 2.75) is 26.1 Å². The highest BCUT2D eigenvalue weighted by Gasteiger charge is 2.26. The number of allylic oxidation sites excluding steroid dienone is 1. The lowest BCUT2D eigenvalue weighted by atomic mass is 10.1. The summed E-state index contributed by atoms with van der Waals surface area (Å²) in [5, 5.41) is 0.825. The van der Waals surface area contributed by atoms with E-state index in [0.29, 0.717) is 5.69 Å². The van der Waals surface area contributed by atoms with Crippen molar-refractivity contribution < 1.29 is 8.78 Å². The molecule has 5 nitrogen and oxygen atoms in total. The minimum Gasteiger partial charge on any atom is -0.272 e. The van der Waals surface area contributed by atoms with Gasteiger partial charge in [-0.15, -0.1) is 11.3 Å². The predicted molar refractivity (Wildman–Crippen MR) is 101 cm³/mol. The lowest BCUT2D eigenvalue weighted by Crippen LogP contribution is -2.24. The zero-order valence-corrected chi connectivity index (χ0v) is 15.4. The molecule has 0 amide bonds. The molecule has 3 aromatic heterocycles. The minimum atomic E-state index is -1.44. The number of aryl methyl sites for hydroxylation is 1. The number of alkyl halides is 1. The number of hydrogen-bond acceptors (Lipinski definition) is 6. The number of nitrogens with zero attached hydrogens (tertiary/aromatic N) is 5. The minimum absolute atomic E-state index is 0.0205. The van der Waals surface area contributed by atoms with Gasteiger partial charge in [-0.25, -0.2) is 23.7 Å². The zero-order chi connectivity index (χ0) is 19.0. The second-order valence-electron chi connectivity index (χ2n) is 6.12. The predicted octanol–water partition coefficient (Wildman–Crippen LogP) is 4.35. The first kappa shape index (κ1) is 17.5. The molecule has 2 unspecified atom stereocenters. The maximum atomic E-state index is 14.2. The average Bonchev–Trinajstić information content (AvgIpc) is 3.07. The van der Waals surface area contributed by atoms with Gasteiger partial charge in [0.1, 0.15) is 16.9 Å². The highest BCUT2D eigenvalue weighted by molar-refractivity contribution is 7.18. The first-order valence-corrected chi connectivity index (χ1v) is 9.16. The van der Waals surface area contributed by atoms with Gasteiger partial charge in [0.25, 0.3) is 0 Å². The van der Waals surface area contributed by atoms with E-state index in [1.54, 1.807) is 31.6 Å². The number of halogens is 2. The van der Waals surface area contributed by atoms with Crippen molar-refractivity contribution in [3.8, 4) is 21.1 Å². The fraction of sp³-hybridized carbons (Fsp3) is 0.211. The molecule has 4 heterocycles. The summed E-state index contributed by atoms with van der Waals surface area (Å²) in [6, 6.07) is 4.86. The Bertz CT molecular complexity index is 1050. The molecule has 0 saturated heterocycles. The van der Waals surface area contributed by atoms with E-state index in [1.165, 1.54) is 11.3 Å². The van der Waals surface area contributed by atoms with E-state index in [9.17, 15) is 8.78 Å². The molecule has 1 aliphatic heterocycles. The Kier molecular flexibility index (Phi) is 4.57. The van der Waals surface area contributed by atoms with Crippen LogP contribution >= 0.6 is 11.3 Å².